The molecule has 0 spiro atoms. The Balaban J connectivity index is 1.33. The SMILES string of the molecule is COCC(=O)O[C@]1(C(=O)SCF)CC[C@H]2[C@@H]3CCC4=Cc5c(cnn5-c5cccc(C(=O)CCC(N)=O)c5)C[C@]4(C)[C@@]3(F)[C@@H](O)C[C@@]21C. The minimum absolute atomic E-state index is 0.0000777. The molecule has 13 heteroatoms. The molecular formula is C35H41F2N3O7S. The molecule has 0 radical (unpaired) electrons. The van der Waals surface area contributed by atoms with Crippen LogP contribution >= 0.6 is 11.8 Å². The smallest absolute Gasteiger partial charge is 0.333 e. The van der Waals surface area contributed by atoms with Gasteiger partial charge in [-0.3, -0.25) is 14.4 Å². The topological polar surface area (TPSA) is 151 Å². The summed E-state index contributed by atoms with van der Waals surface area (Å²) in [5, 5.41) is 15.9. The highest BCUT2D eigenvalue weighted by Crippen LogP contribution is 2.71. The van der Waals surface area contributed by atoms with Gasteiger partial charge in [0.15, 0.2) is 11.4 Å². The number of aromatic nitrogens is 2. The van der Waals surface area contributed by atoms with E-state index in [0.717, 1.165) is 16.8 Å². The number of primary amides is 1. The highest BCUT2D eigenvalue weighted by molar-refractivity contribution is 8.13. The molecule has 4 aliphatic carbocycles. The van der Waals surface area contributed by atoms with Crippen LogP contribution in [0.4, 0.5) is 8.78 Å². The van der Waals surface area contributed by atoms with E-state index in [0.29, 0.717) is 42.3 Å². The number of Topliss-reactive ketones (excluding diaryl/α,β-unsaturated/α-hetero) is 1. The first-order valence-corrected chi connectivity index (χ1v) is 17.2. The first kappa shape index (κ1) is 34.4. The fourth-order valence-corrected chi connectivity index (χ4v) is 10.2. The Hall–Kier alpha value is -3.42. The van der Waals surface area contributed by atoms with Gasteiger partial charge < -0.3 is 20.3 Å². The van der Waals surface area contributed by atoms with Gasteiger partial charge in [-0.1, -0.05) is 31.6 Å². The second-order valence-electron chi connectivity index (χ2n) is 14.1. The molecule has 1 amide bonds. The van der Waals surface area contributed by atoms with E-state index in [4.69, 9.17) is 15.2 Å². The monoisotopic (exact) mass is 685 g/mol. The highest BCUT2D eigenvalue weighted by atomic mass is 32.2. The number of hydrogen-bond acceptors (Lipinski definition) is 9. The predicted octanol–water partition coefficient (Wildman–Crippen LogP) is 4.68. The number of alkyl halides is 2. The third-order valence-corrected chi connectivity index (χ3v) is 12.5. The summed E-state index contributed by atoms with van der Waals surface area (Å²) >= 11 is 0.433. The lowest BCUT2D eigenvalue weighted by Gasteiger charge is -2.63. The molecule has 10 nitrogen and oxygen atoms in total. The first-order chi connectivity index (χ1) is 22.8. The lowest BCUT2D eigenvalue weighted by Crippen LogP contribution is -2.70. The van der Waals surface area contributed by atoms with E-state index in [1.165, 1.54) is 7.11 Å². The number of carbonyl (C=O) groups excluding carboxylic acids is 4. The fourth-order valence-electron chi connectivity index (χ4n) is 9.49. The van der Waals surface area contributed by atoms with Crippen LogP contribution in [0.2, 0.25) is 0 Å². The summed E-state index contributed by atoms with van der Waals surface area (Å²) in [7, 11) is 1.33. The van der Waals surface area contributed by atoms with E-state index < -0.39 is 69.6 Å². The number of nitrogens with zero attached hydrogens (tertiary/aromatic N) is 2. The van der Waals surface area contributed by atoms with Crippen molar-refractivity contribution in [3.05, 3.63) is 52.9 Å². The van der Waals surface area contributed by atoms with Gasteiger partial charge in [0.2, 0.25) is 11.0 Å². The van der Waals surface area contributed by atoms with E-state index in [1.54, 1.807) is 36.0 Å². The zero-order chi connectivity index (χ0) is 34.6. The van der Waals surface area contributed by atoms with Crippen molar-refractivity contribution in [1.29, 1.82) is 0 Å². The van der Waals surface area contributed by atoms with Crippen LogP contribution in [0.3, 0.4) is 0 Å². The van der Waals surface area contributed by atoms with Crippen LogP contribution < -0.4 is 5.73 Å². The number of thioether (sulfide) groups is 1. The summed E-state index contributed by atoms with van der Waals surface area (Å²) in [6.45, 7) is 3.22. The Morgan fingerprint density at radius 2 is 1.94 bits per heavy atom. The maximum atomic E-state index is 18.2. The van der Waals surface area contributed by atoms with Crippen LogP contribution in [-0.2, 0) is 30.3 Å². The number of hydrogen-bond donors (Lipinski definition) is 2. The number of carbonyl (C=O) groups is 4. The van der Waals surface area contributed by atoms with Gasteiger partial charge >= 0.3 is 5.97 Å². The molecule has 48 heavy (non-hydrogen) atoms. The number of nitrogens with two attached hydrogens (primary N) is 1. The molecule has 0 bridgehead atoms. The van der Waals surface area contributed by atoms with E-state index in [-0.39, 0.29) is 37.9 Å². The average Bonchev–Trinajstić information content (AvgIpc) is 3.57. The largest absolute Gasteiger partial charge is 0.448 e. The number of halogens is 2. The van der Waals surface area contributed by atoms with Gasteiger partial charge in [0.25, 0.3) is 0 Å². The summed E-state index contributed by atoms with van der Waals surface area (Å²) in [4.78, 5) is 50.2. The van der Waals surface area contributed by atoms with Gasteiger partial charge in [-0.2, -0.15) is 5.10 Å². The van der Waals surface area contributed by atoms with Gasteiger partial charge in [-0.05, 0) is 80.0 Å². The molecule has 258 valence electrons. The molecular weight excluding hydrogens is 644 g/mol. The summed E-state index contributed by atoms with van der Waals surface area (Å²) in [5.41, 5.74) is 2.65. The molecule has 0 saturated heterocycles. The van der Waals surface area contributed by atoms with Gasteiger partial charge in [0.1, 0.15) is 18.3 Å². The number of methoxy groups -OCH3 is 1. The van der Waals surface area contributed by atoms with E-state index >= 15 is 4.39 Å². The van der Waals surface area contributed by atoms with Crippen molar-refractivity contribution in [2.75, 3.05) is 19.7 Å². The molecule has 1 aromatic carbocycles. The molecule has 4 aliphatic rings. The van der Waals surface area contributed by atoms with Gasteiger partial charge in [0, 0.05) is 42.3 Å². The fraction of sp³-hybridized carbons (Fsp3) is 0.571. The number of benzene rings is 1. The van der Waals surface area contributed by atoms with Crippen molar-refractivity contribution in [1.82, 2.24) is 9.78 Å². The predicted molar refractivity (Wildman–Crippen MR) is 173 cm³/mol. The number of rotatable bonds is 10. The second kappa shape index (κ2) is 12.5. The van der Waals surface area contributed by atoms with Crippen LogP contribution in [0.1, 0.15) is 80.4 Å². The molecule has 0 aliphatic heterocycles. The first-order valence-electron chi connectivity index (χ1n) is 16.3. The van der Waals surface area contributed by atoms with E-state index in [9.17, 15) is 28.7 Å². The molecule has 1 aromatic heterocycles. The van der Waals surface area contributed by atoms with E-state index in [1.807, 2.05) is 19.1 Å². The quantitative estimate of drug-likeness (QED) is 0.268. The maximum absolute atomic E-state index is 18.2. The van der Waals surface area contributed by atoms with Crippen LogP contribution in [0.5, 0.6) is 0 Å². The molecule has 3 fully saturated rings. The number of allylic oxidation sites excluding steroid dienone is 1. The van der Waals surface area contributed by atoms with Crippen molar-refractivity contribution < 1.29 is 42.5 Å². The van der Waals surface area contributed by atoms with Crippen LogP contribution in [0.15, 0.2) is 36.0 Å². The van der Waals surface area contributed by atoms with Crippen LogP contribution in [0.25, 0.3) is 11.8 Å². The Morgan fingerprint density at radius 3 is 2.65 bits per heavy atom. The number of fused-ring (bicyclic) bond motifs is 6. The number of ketones is 1. The summed E-state index contributed by atoms with van der Waals surface area (Å²) in [5.74, 6) is -2.60. The molecule has 6 rings (SSSR count). The standard InChI is InChI=1S/C35H41F2N3O7S/c1-32-15-21-17-39-40(23-6-4-5-20(13-23)27(41)9-10-29(38)43)26(21)14-22(32)7-8-25-24-11-12-34(31(45)48-19-36,47-30(44)18-46-3)33(24,2)16-28(42)35(25,32)37/h4-6,13-14,17,24-25,28,42H,7-12,15-16,18-19H2,1-3H3,(H2,38,43)/t24-,25-,28-,32-,33-,34-,35-/m0/s1. The molecule has 2 aromatic rings. The van der Waals surface area contributed by atoms with Crippen molar-refractivity contribution >= 4 is 40.6 Å². The molecule has 1 heterocycles. The molecule has 3 saturated carbocycles. The minimum atomic E-state index is -2.07. The van der Waals surface area contributed by atoms with Gasteiger partial charge in [-0.25, -0.2) is 18.3 Å². The Bertz CT molecular complexity index is 1700. The number of amides is 1. The number of ether oxygens (including phenoxy) is 2. The van der Waals surface area contributed by atoms with Crippen molar-refractivity contribution in [3.63, 3.8) is 0 Å². The minimum Gasteiger partial charge on any atom is -0.448 e. The highest BCUT2D eigenvalue weighted by Gasteiger charge is 2.76. The van der Waals surface area contributed by atoms with E-state index in [2.05, 4.69) is 5.10 Å². The van der Waals surface area contributed by atoms with Crippen LogP contribution in [0, 0.1) is 22.7 Å². The van der Waals surface area contributed by atoms with Crippen molar-refractivity contribution in [2.45, 2.75) is 82.6 Å². The molecule has 0 unspecified atom stereocenters. The Labute approximate surface area is 281 Å². The third-order valence-electron chi connectivity index (χ3n) is 11.8. The number of aliphatic hydroxyl groups excluding tert-OH is 1. The lowest BCUT2D eigenvalue weighted by molar-refractivity contribution is -0.229. The number of aliphatic hydroxyl groups is 1. The molecule has 3 N–H and O–H groups in total. The van der Waals surface area contributed by atoms with Crippen molar-refractivity contribution in [3.8, 4) is 5.69 Å². The Morgan fingerprint density at radius 1 is 1.17 bits per heavy atom. The summed E-state index contributed by atoms with van der Waals surface area (Å²) < 4.78 is 44.2. The third kappa shape index (κ3) is 5.06. The van der Waals surface area contributed by atoms with Crippen molar-refractivity contribution in [2.24, 2.45) is 28.4 Å². The second-order valence-corrected chi connectivity index (χ2v) is 14.9. The summed E-state index contributed by atoms with van der Waals surface area (Å²) in [6.07, 6.45) is 3.62. The Kier molecular flexibility index (Phi) is 8.95. The van der Waals surface area contributed by atoms with Gasteiger partial charge in [-0.15, -0.1) is 0 Å². The number of esters is 1. The van der Waals surface area contributed by atoms with Crippen LogP contribution in [-0.4, -0.2) is 74.8 Å². The molecule has 7 atom stereocenters. The zero-order valence-electron chi connectivity index (χ0n) is 27.3. The zero-order valence-corrected chi connectivity index (χ0v) is 28.1. The maximum Gasteiger partial charge on any atom is 0.333 e. The average molecular weight is 686 g/mol. The van der Waals surface area contributed by atoms with Gasteiger partial charge in [0.05, 0.1) is 23.7 Å². The summed E-state index contributed by atoms with van der Waals surface area (Å²) in [6, 6.07) is 5.93. The lowest BCUT2D eigenvalue weighted by atomic mass is 9.44. The normalized spacial score (nSPS) is 33.5.